The Hall–Kier alpha value is -2.39. The fraction of sp³-hybridized carbons (Fsp3) is 0.286. The highest BCUT2D eigenvalue weighted by Gasteiger charge is 2.43. The zero-order valence-corrected chi connectivity index (χ0v) is 18.2. The van der Waals surface area contributed by atoms with Crippen LogP contribution in [0.2, 0.25) is 5.02 Å². The van der Waals surface area contributed by atoms with E-state index < -0.39 is 0 Å². The van der Waals surface area contributed by atoms with Crippen LogP contribution >= 0.6 is 23.4 Å². The lowest BCUT2D eigenvalue weighted by Gasteiger charge is -2.36. The minimum absolute atomic E-state index is 0.0804. The highest BCUT2D eigenvalue weighted by Crippen LogP contribution is 2.31. The zero-order valence-electron chi connectivity index (χ0n) is 16.6. The number of nitrogens with zero attached hydrogens (tertiary/aromatic N) is 2. The number of anilines is 2. The number of hydrogen-bond donors (Lipinski definition) is 4. The number of thioether (sulfide) groups is 1. The Balaban J connectivity index is 1.54. The molecule has 0 aliphatic carbocycles. The number of amidine groups is 2. The molecule has 1 amide bonds. The van der Waals surface area contributed by atoms with Crippen LogP contribution in [0.3, 0.4) is 0 Å². The molecule has 1 fully saturated rings. The molecular weight excluding hydrogens is 420 g/mol. The van der Waals surface area contributed by atoms with Crippen molar-refractivity contribution in [3.05, 3.63) is 59.1 Å². The topological polar surface area (TPSA) is 92.6 Å². The van der Waals surface area contributed by atoms with Crippen LogP contribution in [-0.4, -0.2) is 34.9 Å². The van der Waals surface area contributed by atoms with Gasteiger partial charge in [-0.25, -0.2) is 10.4 Å². The van der Waals surface area contributed by atoms with Gasteiger partial charge in [-0.1, -0.05) is 47.1 Å². The van der Waals surface area contributed by atoms with Gasteiger partial charge >= 0.3 is 0 Å². The number of nitrogens with one attached hydrogen (secondary N) is 4. The quantitative estimate of drug-likeness (QED) is 0.580. The van der Waals surface area contributed by atoms with Gasteiger partial charge in [-0.3, -0.25) is 20.5 Å². The molecule has 3 atom stereocenters. The Morgan fingerprint density at radius 1 is 1.27 bits per heavy atom. The number of benzene rings is 2. The summed E-state index contributed by atoms with van der Waals surface area (Å²) < 4.78 is 0. The molecule has 3 unspecified atom stereocenters. The number of carbonyl (C=O) groups is 1. The minimum Gasteiger partial charge on any atom is -0.325 e. The van der Waals surface area contributed by atoms with Crippen LogP contribution in [0.25, 0.3) is 0 Å². The lowest BCUT2D eigenvalue weighted by atomic mass is 9.97. The normalized spacial score (nSPS) is 23.2. The molecule has 0 aromatic heterocycles. The summed E-state index contributed by atoms with van der Waals surface area (Å²) in [6.07, 6.45) is -0.229. The predicted octanol–water partition coefficient (Wildman–Crippen LogP) is 3.61. The lowest BCUT2D eigenvalue weighted by molar-refractivity contribution is -0.113. The number of aryl methyl sites for hydroxylation is 1. The molecule has 4 rings (SSSR count). The SMILES string of the molecule is Cc1ccc(N2C(=N)C3C(C)NNC3N=C2SCC(=O)Nc2cccc(Cl)c2)cc1. The fourth-order valence-corrected chi connectivity index (χ4v) is 4.58. The predicted molar refractivity (Wildman–Crippen MR) is 124 cm³/mol. The first kappa shape index (κ1) is 20.9. The maximum absolute atomic E-state index is 12.5. The molecule has 1 saturated heterocycles. The summed E-state index contributed by atoms with van der Waals surface area (Å²) in [4.78, 5) is 19.1. The van der Waals surface area contributed by atoms with Crippen LogP contribution in [0, 0.1) is 18.3 Å². The molecule has 7 nitrogen and oxygen atoms in total. The van der Waals surface area contributed by atoms with Crippen molar-refractivity contribution >= 4 is 51.6 Å². The first-order valence-corrected chi connectivity index (χ1v) is 11.0. The summed E-state index contributed by atoms with van der Waals surface area (Å²) in [5.74, 6) is 0.382. The van der Waals surface area contributed by atoms with E-state index in [4.69, 9.17) is 22.0 Å². The average Bonchev–Trinajstić information content (AvgIpc) is 3.08. The van der Waals surface area contributed by atoms with Gasteiger partial charge in [-0.2, -0.15) is 0 Å². The molecule has 0 bridgehead atoms. The van der Waals surface area contributed by atoms with Gasteiger partial charge in [-0.05, 0) is 44.2 Å². The van der Waals surface area contributed by atoms with Crippen molar-refractivity contribution in [3.63, 3.8) is 0 Å². The van der Waals surface area contributed by atoms with E-state index in [1.165, 1.54) is 11.8 Å². The van der Waals surface area contributed by atoms with E-state index in [9.17, 15) is 4.79 Å². The number of halogens is 1. The van der Waals surface area contributed by atoms with E-state index in [-0.39, 0.29) is 29.8 Å². The Bertz CT molecular complexity index is 995. The third kappa shape index (κ3) is 4.37. The van der Waals surface area contributed by atoms with Gasteiger partial charge in [0.15, 0.2) is 5.17 Å². The third-order valence-electron chi connectivity index (χ3n) is 5.07. The number of carbonyl (C=O) groups excluding carboxylic acids is 1. The van der Waals surface area contributed by atoms with Crippen molar-refractivity contribution < 1.29 is 4.79 Å². The van der Waals surface area contributed by atoms with Crippen LogP contribution in [0.15, 0.2) is 53.5 Å². The summed E-state index contributed by atoms with van der Waals surface area (Å²) in [5.41, 5.74) is 8.98. The minimum atomic E-state index is -0.229. The number of rotatable bonds is 4. The summed E-state index contributed by atoms with van der Waals surface area (Å²) in [6.45, 7) is 4.06. The molecule has 2 aromatic rings. The summed E-state index contributed by atoms with van der Waals surface area (Å²) in [7, 11) is 0. The molecule has 2 heterocycles. The van der Waals surface area contributed by atoms with Crippen molar-refractivity contribution in [2.75, 3.05) is 16.0 Å². The van der Waals surface area contributed by atoms with E-state index in [1.54, 1.807) is 24.3 Å². The number of aliphatic imine (C=N–C) groups is 1. The number of fused-ring (bicyclic) bond motifs is 1. The molecule has 0 spiro atoms. The first-order valence-electron chi connectivity index (χ1n) is 9.64. The number of amides is 1. The Morgan fingerprint density at radius 2 is 2.03 bits per heavy atom. The van der Waals surface area contributed by atoms with Gasteiger partial charge < -0.3 is 5.32 Å². The van der Waals surface area contributed by atoms with Crippen molar-refractivity contribution in [1.82, 2.24) is 10.9 Å². The zero-order chi connectivity index (χ0) is 21.3. The van der Waals surface area contributed by atoms with Gasteiger partial charge in [0.25, 0.3) is 0 Å². The molecule has 0 radical (unpaired) electrons. The Morgan fingerprint density at radius 3 is 2.77 bits per heavy atom. The van der Waals surface area contributed by atoms with Gasteiger partial charge in [0.05, 0.1) is 11.7 Å². The monoisotopic (exact) mass is 442 g/mol. The van der Waals surface area contributed by atoms with E-state index >= 15 is 0 Å². The first-order chi connectivity index (χ1) is 14.4. The fourth-order valence-electron chi connectivity index (χ4n) is 3.54. The second-order valence-corrected chi connectivity index (χ2v) is 8.74. The lowest BCUT2D eigenvalue weighted by Crippen LogP contribution is -2.50. The second kappa shape index (κ2) is 8.77. The molecule has 0 saturated carbocycles. The van der Waals surface area contributed by atoms with Crippen molar-refractivity contribution in [1.29, 1.82) is 5.41 Å². The molecule has 4 N–H and O–H groups in total. The Labute approximate surface area is 184 Å². The van der Waals surface area contributed by atoms with Crippen LogP contribution in [0.5, 0.6) is 0 Å². The van der Waals surface area contributed by atoms with E-state index in [2.05, 4.69) is 16.2 Å². The summed E-state index contributed by atoms with van der Waals surface area (Å²) in [6, 6.07) is 15.1. The van der Waals surface area contributed by atoms with Gasteiger partial charge in [0.1, 0.15) is 12.0 Å². The summed E-state index contributed by atoms with van der Waals surface area (Å²) >= 11 is 7.30. The smallest absolute Gasteiger partial charge is 0.234 e. The van der Waals surface area contributed by atoms with Crippen LogP contribution in [0.1, 0.15) is 12.5 Å². The maximum Gasteiger partial charge on any atom is 0.234 e. The largest absolute Gasteiger partial charge is 0.325 e. The van der Waals surface area contributed by atoms with E-state index in [0.717, 1.165) is 11.3 Å². The van der Waals surface area contributed by atoms with Crippen molar-refractivity contribution in [2.24, 2.45) is 10.9 Å². The van der Waals surface area contributed by atoms with Crippen LogP contribution in [0.4, 0.5) is 11.4 Å². The van der Waals surface area contributed by atoms with Gasteiger partial charge in [0.2, 0.25) is 5.91 Å². The van der Waals surface area contributed by atoms with Crippen LogP contribution in [-0.2, 0) is 4.79 Å². The molecule has 156 valence electrons. The molecule has 2 aliphatic rings. The third-order valence-corrected chi connectivity index (χ3v) is 6.26. The highest BCUT2D eigenvalue weighted by atomic mass is 35.5. The Kier molecular flexibility index (Phi) is 6.10. The van der Waals surface area contributed by atoms with Crippen molar-refractivity contribution in [2.45, 2.75) is 26.1 Å². The molecule has 2 aliphatic heterocycles. The second-order valence-electron chi connectivity index (χ2n) is 7.36. The van der Waals surface area contributed by atoms with E-state index in [1.807, 2.05) is 43.0 Å². The van der Waals surface area contributed by atoms with Gasteiger partial charge in [0, 0.05) is 22.4 Å². The number of hydrogen-bond acceptors (Lipinski definition) is 6. The van der Waals surface area contributed by atoms with Crippen LogP contribution < -0.4 is 21.1 Å². The molecule has 30 heavy (non-hydrogen) atoms. The molecule has 9 heteroatoms. The van der Waals surface area contributed by atoms with Crippen molar-refractivity contribution in [3.8, 4) is 0 Å². The molecular formula is C21H23ClN6OS. The highest BCUT2D eigenvalue weighted by molar-refractivity contribution is 8.14. The van der Waals surface area contributed by atoms with E-state index in [0.29, 0.717) is 21.7 Å². The average molecular weight is 443 g/mol. The standard InChI is InChI=1S/C21H23ClN6OS/c1-12-6-8-16(9-7-12)28-19(23)18-13(2)26-27-20(18)25-21(28)30-11-17(29)24-15-5-3-4-14(22)10-15/h3-10,13,18,20,23,26-27H,11H2,1-2H3,(H,24,29). The maximum atomic E-state index is 12.5. The van der Waals surface area contributed by atoms with Gasteiger partial charge in [-0.15, -0.1) is 0 Å². The summed E-state index contributed by atoms with van der Waals surface area (Å²) in [5, 5.41) is 12.9. The molecule has 2 aromatic carbocycles. The number of hydrazine groups is 1.